The van der Waals surface area contributed by atoms with Crippen molar-refractivity contribution in [2.75, 3.05) is 18.0 Å². The van der Waals surface area contributed by atoms with E-state index in [9.17, 15) is 0 Å². The van der Waals surface area contributed by atoms with Gasteiger partial charge in [-0.15, -0.1) is 0 Å². The molecule has 0 bridgehead atoms. The number of rotatable bonds is 5. The van der Waals surface area contributed by atoms with Gasteiger partial charge in [-0.3, -0.25) is 0 Å². The van der Waals surface area contributed by atoms with E-state index in [1.165, 1.54) is 11.3 Å². The minimum absolute atomic E-state index is 0.162. The van der Waals surface area contributed by atoms with E-state index >= 15 is 0 Å². The number of nitrogens with two attached hydrogens (primary N) is 1. The summed E-state index contributed by atoms with van der Waals surface area (Å²) in [6, 6.07) is 10.5. The first-order valence-electron chi connectivity index (χ1n) is 6.32. The number of furan rings is 1. The molecule has 0 amide bonds. The van der Waals surface area contributed by atoms with Crippen LogP contribution in [0.4, 0.5) is 5.69 Å². The fraction of sp³-hybridized carbons (Fsp3) is 0.333. The third kappa shape index (κ3) is 2.41. The van der Waals surface area contributed by atoms with Crippen molar-refractivity contribution in [3.05, 3.63) is 54.0 Å². The summed E-state index contributed by atoms with van der Waals surface area (Å²) in [5, 5.41) is 0. The molecule has 0 saturated heterocycles. The Bertz CT molecular complexity index is 479. The second-order valence-corrected chi connectivity index (χ2v) is 4.38. The summed E-state index contributed by atoms with van der Waals surface area (Å²) in [7, 11) is 0. The summed E-state index contributed by atoms with van der Waals surface area (Å²) in [6.45, 7) is 5.76. The van der Waals surface area contributed by atoms with Crippen LogP contribution in [-0.4, -0.2) is 13.1 Å². The van der Waals surface area contributed by atoms with Gasteiger partial charge in [-0.1, -0.05) is 18.2 Å². The minimum atomic E-state index is 0.162. The fourth-order valence-corrected chi connectivity index (χ4v) is 2.35. The molecule has 96 valence electrons. The molecule has 3 heteroatoms. The van der Waals surface area contributed by atoms with Gasteiger partial charge in [0, 0.05) is 24.3 Å². The second-order valence-electron chi connectivity index (χ2n) is 4.38. The molecule has 0 aliphatic rings. The van der Waals surface area contributed by atoms with Crippen LogP contribution in [0.15, 0.2) is 47.3 Å². The Morgan fingerprint density at radius 1 is 1.28 bits per heavy atom. The quantitative estimate of drug-likeness (QED) is 0.878. The number of anilines is 1. The van der Waals surface area contributed by atoms with Gasteiger partial charge in [-0.25, -0.2) is 0 Å². The fourth-order valence-electron chi connectivity index (χ4n) is 2.35. The number of likely N-dealkylation sites (N-methyl/N-ethyl adjacent to an activating group) is 1. The molecule has 1 atom stereocenters. The van der Waals surface area contributed by atoms with Gasteiger partial charge in [-0.05, 0) is 31.5 Å². The van der Waals surface area contributed by atoms with Gasteiger partial charge in [0.15, 0.2) is 0 Å². The van der Waals surface area contributed by atoms with Crippen LogP contribution in [0.2, 0.25) is 0 Å². The first kappa shape index (κ1) is 12.7. The summed E-state index contributed by atoms with van der Waals surface area (Å²) >= 11 is 0. The van der Waals surface area contributed by atoms with E-state index in [2.05, 4.69) is 43.0 Å². The van der Waals surface area contributed by atoms with Crippen molar-refractivity contribution in [1.29, 1.82) is 0 Å². The molecule has 0 radical (unpaired) electrons. The van der Waals surface area contributed by atoms with E-state index in [4.69, 9.17) is 10.2 Å². The smallest absolute Gasteiger partial charge is 0.0955 e. The largest absolute Gasteiger partial charge is 0.472 e. The van der Waals surface area contributed by atoms with Crippen molar-refractivity contribution in [2.45, 2.75) is 19.9 Å². The zero-order valence-corrected chi connectivity index (χ0v) is 11.0. The Morgan fingerprint density at radius 2 is 2.06 bits per heavy atom. The van der Waals surface area contributed by atoms with Crippen LogP contribution in [0.1, 0.15) is 24.1 Å². The third-order valence-corrected chi connectivity index (χ3v) is 3.29. The van der Waals surface area contributed by atoms with Crippen LogP contribution in [0.25, 0.3) is 0 Å². The average molecular weight is 244 g/mol. The Kier molecular flexibility index (Phi) is 4.05. The molecule has 3 nitrogen and oxygen atoms in total. The van der Waals surface area contributed by atoms with Crippen LogP contribution >= 0.6 is 0 Å². The topological polar surface area (TPSA) is 42.4 Å². The summed E-state index contributed by atoms with van der Waals surface area (Å²) in [5.74, 6) is 0. The Labute approximate surface area is 108 Å². The monoisotopic (exact) mass is 244 g/mol. The zero-order valence-electron chi connectivity index (χ0n) is 11.0. The van der Waals surface area contributed by atoms with Gasteiger partial charge < -0.3 is 15.1 Å². The van der Waals surface area contributed by atoms with Crippen LogP contribution < -0.4 is 10.6 Å². The Morgan fingerprint density at radius 3 is 2.61 bits per heavy atom. The van der Waals surface area contributed by atoms with Crippen LogP contribution in [-0.2, 0) is 0 Å². The molecule has 1 unspecified atom stereocenters. The Balaban J connectivity index is 2.35. The van der Waals surface area contributed by atoms with Gasteiger partial charge >= 0.3 is 0 Å². The predicted molar refractivity (Wildman–Crippen MR) is 74.7 cm³/mol. The lowest BCUT2D eigenvalue weighted by Gasteiger charge is -2.32. The molecule has 1 aromatic heterocycles. The van der Waals surface area contributed by atoms with E-state index in [-0.39, 0.29) is 6.04 Å². The number of hydrogen-bond acceptors (Lipinski definition) is 3. The van der Waals surface area contributed by atoms with E-state index < -0.39 is 0 Å². The zero-order chi connectivity index (χ0) is 13.0. The van der Waals surface area contributed by atoms with Crippen molar-refractivity contribution in [2.24, 2.45) is 5.73 Å². The first-order chi connectivity index (χ1) is 8.77. The maximum atomic E-state index is 5.94. The van der Waals surface area contributed by atoms with E-state index in [1.54, 1.807) is 12.5 Å². The molecule has 2 N–H and O–H groups in total. The van der Waals surface area contributed by atoms with Gasteiger partial charge in [0.05, 0.1) is 18.6 Å². The average Bonchev–Trinajstić information content (AvgIpc) is 2.90. The maximum Gasteiger partial charge on any atom is 0.0955 e. The number of para-hydroxylation sites is 1. The van der Waals surface area contributed by atoms with Gasteiger partial charge in [0.25, 0.3) is 0 Å². The lowest BCUT2D eigenvalue weighted by Crippen LogP contribution is -2.33. The first-order valence-corrected chi connectivity index (χ1v) is 6.32. The predicted octanol–water partition coefficient (Wildman–Crippen LogP) is 3.11. The summed E-state index contributed by atoms with van der Waals surface area (Å²) in [4.78, 5) is 2.32. The number of benzene rings is 1. The third-order valence-electron chi connectivity index (χ3n) is 3.29. The molecule has 0 aliphatic carbocycles. The van der Waals surface area contributed by atoms with Gasteiger partial charge in [0.1, 0.15) is 0 Å². The maximum absolute atomic E-state index is 5.94. The standard InChI is InChI=1S/C15H20N2O/c1-3-17(14-7-5-4-6-12(14)2)15(10-16)13-8-9-18-11-13/h4-9,11,15H,3,10,16H2,1-2H3. The Hall–Kier alpha value is -1.74. The SMILES string of the molecule is CCN(c1ccccc1C)C(CN)c1ccoc1. The molecule has 0 saturated carbocycles. The van der Waals surface area contributed by atoms with Crippen molar-refractivity contribution in [3.8, 4) is 0 Å². The van der Waals surface area contributed by atoms with Crippen molar-refractivity contribution in [3.63, 3.8) is 0 Å². The second kappa shape index (κ2) is 5.74. The lowest BCUT2D eigenvalue weighted by atomic mass is 10.1. The molecule has 1 heterocycles. The molecule has 1 aromatic carbocycles. The normalized spacial score (nSPS) is 12.4. The molecule has 0 spiro atoms. The molecular weight excluding hydrogens is 224 g/mol. The summed E-state index contributed by atoms with van der Waals surface area (Å²) in [6.07, 6.45) is 3.47. The molecular formula is C15H20N2O. The van der Waals surface area contributed by atoms with E-state index in [0.717, 1.165) is 12.1 Å². The van der Waals surface area contributed by atoms with Crippen LogP contribution in [0.3, 0.4) is 0 Å². The molecule has 2 rings (SSSR count). The van der Waals surface area contributed by atoms with Gasteiger partial charge in [-0.2, -0.15) is 0 Å². The highest BCUT2D eigenvalue weighted by Crippen LogP contribution is 2.28. The highest BCUT2D eigenvalue weighted by Gasteiger charge is 2.20. The minimum Gasteiger partial charge on any atom is -0.472 e. The van der Waals surface area contributed by atoms with Crippen LogP contribution in [0, 0.1) is 6.92 Å². The number of aryl methyl sites for hydroxylation is 1. The van der Waals surface area contributed by atoms with Crippen molar-refractivity contribution in [1.82, 2.24) is 0 Å². The van der Waals surface area contributed by atoms with E-state index in [0.29, 0.717) is 6.54 Å². The number of hydrogen-bond donors (Lipinski definition) is 1. The number of nitrogens with zero attached hydrogens (tertiary/aromatic N) is 1. The highest BCUT2D eigenvalue weighted by atomic mass is 16.3. The van der Waals surface area contributed by atoms with Gasteiger partial charge in [0.2, 0.25) is 0 Å². The summed E-state index contributed by atoms with van der Waals surface area (Å²) < 4.78 is 5.18. The molecule has 2 aromatic rings. The lowest BCUT2D eigenvalue weighted by molar-refractivity contribution is 0.554. The molecule has 18 heavy (non-hydrogen) atoms. The van der Waals surface area contributed by atoms with Crippen molar-refractivity contribution >= 4 is 5.69 Å². The molecule has 0 fully saturated rings. The van der Waals surface area contributed by atoms with Crippen molar-refractivity contribution < 1.29 is 4.42 Å². The van der Waals surface area contributed by atoms with Crippen LogP contribution in [0.5, 0.6) is 0 Å². The summed E-state index contributed by atoms with van der Waals surface area (Å²) in [5.41, 5.74) is 9.57. The highest BCUT2D eigenvalue weighted by molar-refractivity contribution is 5.54. The molecule has 0 aliphatic heterocycles. The van der Waals surface area contributed by atoms with E-state index in [1.807, 2.05) is 6.07 Å².